The van der Waals surface area contributed by atoms with Gasteiger partial charge in [0.05, 0.1) is 35.3 Å². The molecule has 3 N–H and O–H groups in total. The predicted molar refractivity (Wildman–Crippen MR) is 98.7 cm³/mol. The lowest BCUT2D eigenvalue weighted by Crippen LogP contribution is -2.42. The summed E-state index contributed by atoms with van der Waals surface area (Å²) in [4.78, 5) is 24.5. The molecule has 1 aliphatic rings. The molecular formula is C19H19ClN4O2. The van der Waals surface area contributed by atoms with E-state index in [-0.39, 0.29) is 30.4 Å². The normalized spacial score (nSPS) is 20.5. The van der Waals surface area contributed by atoms with Crippen LogP contribution in [-0.2, 0) is 11.2 Å². The maximum Gasteiger partial charge on any atom is 0.228 e. The number of hydrogen-bond donors (Lipinski definition) is 3. The Morgan fingerprint density at radius 1 is 1.35 bits per heavy atom. The fourth-order valence-electron chi connectivity index (χ4n) is 3.39. The van der Waals surface area contributed by atoms with Crippen molar-refractivity contribution < 1.29 is 9.90 Å². The highest BCUT2D eigenvalue weighted by molar-refractivity contribution is 6.31. The minimum Gasteiger partial charge on any atom is -0.393 e. The summed E-state index contributed by atoms with van der Waals surface area (Å²) in [5.74, 6) is 0.652. The van der Waals surface area contributed by atoms with Crippen LogP contribution in [0.3, 0.4) is 0 Å². The van der Waals surface area contributed by atoms with Gasteiger partial charge in [-0.2, -0.15) is 0 Å². The van der Waals surface area contributed by atoms with E-state index in [1.165, 1.54) is 0 Å². The van der Waals surface area contributed by atoms with E-state index in [1.807, 2.05) is 24.3 Å². The lowest BCUT2D eigenvalue weighted by atomic mass is 9.76. The van der Waals surface area contributed by atoms with Gasteiger partial charge in [0.25, 0.3) is 0 Å². The van der Waals surface area contributed by atoms with Crippen molar-refractivity contribution in [2.75, 3.05) is 0 Å². The highest BCUT2D eigenvalue weighted by atomic mass is 35.5. The number of H-pyrrole nitrogens is 1. The molecule has 0 bridgehead atoms. The molecule has 0 spiro atoms. The summed E-state index contributed by atoms with van der Waals surface area (Å²) in [6, 6.07) is 10.8. The molecule has 1 amide bonds. The van der Waals surface area contributed by atoms with Crippen LogP contribution >= 0.6 is 11.6 Å². The van der Waals surface area contributed by atoms with Crippen LogP contribution in [0.1, 0.15) is 30.4 Å². The number of carbonyl (C=O) groups is 1. The summed E-state index contributed by atoms with van der Waals surface area (Å²) in [6.07, 6.45) is 2.91. The number of halogens is 1. The number of benzene rings is 1. The van der Waals surface area contributed by atoms with Gasteiger partial charge in [-0.1, -0.05) is 17.7 Å². The summed E-state index contributed by atoms with van der Waals surface area (Å²) >= 11 is 5.98. The molecule has 7 heteroatoms. The van der Waals surface area contributed by atoms with Crippen molar-refractivity contribution in [2.24, 2.45) is 5.92 Å². The SMILES string of the molecule is O=C(Cc1nc2ccc(Cl)cc2[nH]1)NC(c1ccccn1)C1CC(O)C1. The van der Waals surface area contributed by atoms with Gasteiger partial charge in [-0.3, -0.25) is 9.78 Å². The second-order valence-electron chi connectivity index (χ2n) is 6.71. The monoisotopic (exact) mass is 370 g/mol. The molecule has 1 unspecified atom stereocenters. The largest absolute Gasteiger partial charge is 0.393 e. The Kier molecular flexibility index (Phi) is 4.61. The van der Waals surface area contributed by atoms with Gasteiger partial charge < -0.3 is 15.4 Å². The molecule has 1 aromatic carbocycles. The molecule has 134 valence electrons. The number of rotatable bonds is 5. The average Bonchev–Trinajstić information content (AvgIpc) is 2.99. The van der Waals surface area contributed by atoms with Crippen molar-refractivity contribution in [1.82, 2.24) is 20.3 Å². The van der Waals surface area contributed by atoms with Crippen LogP contribution in [0.4, 0.5) is 0 Å². The molecule has 26 heavy (non-hydrogen) atoms. The number of hydrogen-bond acceptors (Lipinski definition) is 4. The Hall–Kier alpha value is -2.44. The number of aliphatic hydroxyl groups excluding tert-OH is 1. The Morgan fingerprint density at radius 2 is 2.19 bits per heavy atom. The summed E-state index contributed by atoms with van der Waals surface area (Å²) < 4.78 is 0. The topological polar surface area (TPSA) is 90.9 Å². The van der Waals surface area contributed by atoms with Crippen LogP contribution < -0.4 is 5.32 Å². The third-order valence-electron chi connectivity index (χ3n) is 4.76. The molecular weight excluding hydrogens is 352 g/mol. The maximum atomic E-state index is 12.6. The lowest BCUT2D eigenvalue weighted by Gasteiger charge is -2.37. The van der Waals surface area contributed by atoms with Crippen molar-refractivity contribution in [3.05, 3.63) is 59.1 Å². The third kappa shape index (κ3) is 3.57. The predicted octanol–water partition coefficient (Wildman–Crippen LogP) is 2.78. The number of aliphatic hydroxyl groups is 1. The van der Waals surface area contributed by atoms with Crippen molar-refractivity contribution in [3.63, 3.8) is 0 Å². The Labute approximate surface area is 155 Å². The molecule has 0 radical (unpaired) electrons. The lowest BCUT2D eigenvalue weighted by molar-refractivity contribution is -0.122. The van der Waals surface area contributed by atoms with Crippen molar-refractivity contribution in [1.29, 1.82) is 0 Å². The van der Waals surface area contributed by atoms with Crippen LogP contribution in [0.5, 0.6) is 0 Å². The molecule has 1 aliphatic carbocycles. The molecule has 0 saturated heterocycles. The Bertz CT molecular complexity index is 922. The zero-order chi connectivity index (χ0) is 18.1. The van der Waals surface area contributed by atoms with Gasteiger partial charge in [0.2, 0.25) is 5.91 Å². The number of aromatic amines is 1. The number of nitrogens with one attached hydrogen (secondary N) is 2. The van der Waals surface area contributed by atoms with Crippen molar-refractivity contribution >= 4 is 28.5 Å². The van der Waals surface area contributed by atoms with Crippen molar-refractivity contribution in [2.45, 2.75) is 31.4 Å². The van der Waals surface area contributed by atoms with Gasteiger partial charge in [-0.15, -0.1) is 0 Å². The molecule has 1 saturated carbocycles. The van der Waals surface area contributed by atoms with E-state index in [2.05, 4.69) is 20.3 Å². The minimum absolute atomic E-state index is 0.132. The van der Waals surface area contributed by atoms with E-state index in [1.54, 1.807) is 18.3 Å². The highest BCUT2D eigenvalue weighted by Gasteiger charge is 2.36. The molecule has 4 rings (SSSR count). The van der Waals surface area contributed by atoms with E-state index < -0.39 is 0 Å². The maximum absolute atomic E-state index is 12.6. The Morgan fingerprint density at radius 3 is 2.92 bits per heavy atom. The fourth-order valence-corrected chi connectivity index (χ4v) is 3.56. The number of nitrogens with zero attached hydrogens (tertiary/aromatic N) is 2. The number of amides is 1. The molecule has 1 fully saturated rings. The van der Waals surface area contributed by atoms with Crippen molar-refractivity contribution in [3.8, 4) is 0 Å². The van der Waals surface area contributed by atoms with Gasteiger partial charge >= 0.3 is 0 Å². The summed E-state index contributed by atoms with van der Waals surface area (Å²) in [6.45, 7) is 0. The van der Waals surface area contributed by atoms with Crippen LogP contribution in [0.25, 0.3) is 11.0 Å². The van der Waals surface area contributed by atoms with E-state index in [9.17, 15) is 9.90 Å². The minimum atomic E-state index is -0.289. The zero-order valence-corrected chi connectivity index (χ0v) is 14.8. The van der Waals surface area contributed by atoms with Gasteiger partial charge in [-0.05, 0) is 49.1 Å². The average molecular weight is 371 g/mol. The second kappa shape index (κ2) is 7.05. The summed E-state index contributed by atoms with van der Waals surface area (Å²) in [7, 11) is 0. The summed E-state index contributed by atoms with van der Waals surface area (Å²) in [5, 5.41) is 13.3. The number of fused-ring (bicyclic) bond motifs is 1. The molecule has 2 aromatic heterocycles. The first kappa shape index (κ1) is 17.0. The first-order valence-electron chi connectivity index (χ1n) is 8.61. The van der Waals surface area contributed by atoms with Crippen LogP contribution in [0.2, 0.25) is 5.02 Å². The first-order valence-corrected chi connectivity index (χ1v) is 8.99. The third-order valence-corrected chi connectivity index (χ3v) is 5.00. The van der Waals surface area contributed by atoms with Gasteiger partial charge in [0, 0.05) is 11.2 Å². The van der Waals surface area contributed by atoms with Gasteiger partial charge in [0.15, 0.2) is 0 Å². The standard InChI is InChI=1S/C19H19ClN4O2/c20-12-4-5-14-16(9-12)23-17(22-14)10-18(26)24-19(11-7-13(25)8-11)15-3-1-2-6-21-15/h1-6,9,11,13,19,25H,7-8,10H2,(H,22,23)(H,24,26). The van der Waals surface area contributed by atoms with Gasteiger partial charge in [-0.25, -0.2) is 4.98 Å². The van der Waals surface area contributed by atoms with E-state index in [0.29, 0.717) is 23.7 Å². The molecule has 0 aliphatic heterocycles. The first-order chi connectivity index (χ1) is 12.6. The smallest absolute Gasteiger partial charge is 0.228 e. The summed E-state index contributed by atoms with van der Waals surface area (Å²) in [5.41, 5.74) is 2.40. The van der Waals surface area contributed by atoms with Crippen LogP contribution in [0.15, 0.2) is 42.6 Å². The molecule has 1 atom stereocenters. The highest BCUT2D eigenvalue weighted by Crippen LogP contribution is 2.37. The van der Waals surface area contributed by atoms with Crippen LogP contribution in [-0.4, -0.2) is 32.1 Å². The number of imidazole rings is 1. The van der Waals surface area contributed by atoms with Crippen LogP contribution in [0, 0.1) is 5.92 Å². The fraction of sp³-hybridized carbons (Fsp3) is 0.316. The van der Waals surface area contributed by atoms with E-state index in [0.717, 1.165) is 16.7 Å². The van der Waals surface area contributed by atoms with E-state index in [4.69, 9.17) is 11.6 Å². The van der Waals surface area contributed by atoms with E-state index >= 15 is 0 Å². The number of aromatic nitrogens is 3. The second-order valence-corrected chi connectivity index (χ2v) is 7.14. The quantitative estimate of drug-likeness (QED) is 0.644. The zero-order valence-electron chi connectivity index (χ0n) is 14.0. The Balaban J connectivity index is 1.48. The number of pyridine rings is 1. The number of carbonyl (C=O) groups excluding carboxylic acids is 1. The molecule has 6 nitrogen and oxygen atoms in total. The molecule has 3 aromatic rings. The van der Waals surface area contributed by atoms with Gasteiger partial charge in [0.1, 0.15) is 5.82 Å². The molecule has 2 heterocycles.